The molecule has 0 heterocycles. The molecule has 3 nitrogen and oxygen atoms in total. The molecule has 0 amide bonds. The molecule has 76 valence electrons. The van der Waals surface area contributed by atoms with Crippen molar-refractivity contribution in [2.75, 3.05) is 0 Å². The van der Waals surface area contributed by atoms with Crippen LogP contribution < -0.4 is 5.73 Å². The Labute approximate surface area is 94.2 Å². The second kappa shape index (κ2) is 3.82. The number of carboxylic acid groups (broad SMARTS) is 1. The first-order chi connectivity index (χ1) is 6.35. The summed E-state index contributed by atoms with van der Waals surface area (Å²) >= 11 is 1.97. The summed E-state index contributed by atoms with van der Waals surface area (Å²) in [6.45, 7) is 1.27. The lowest BCUT2D eigenvalue weighted by Gasteiger charge is -2.20. The van der Waals surface area contributed by atoms with Crippen LogP contribution in [-0.2, 0) is 10.3 Å². The van der Waals surface area contributed by atoms with Crippen LogP contribution in [-0.4, -0.2) is 11.1 Å². The van der Waals surface area contributed by atoms with E-state index in [4.69, 9.17) is 10.8 Å². The molecule has 3 N–H and O–H groups in total. The Morgan fingerprint density at radius 2 is 2.21 bits per heavy atom. The van der Waals surface area contributed by atoms with E-state index in [0.29, 0.717) is 0 Å². The van der Waals surface area contributed by atoms with Gasteiger partial charge in [-0.25, -0.2) is 9.18 Å². The van der Waals surface area contributed by atoms with Gasteiger partial charge in [-0.3, -0.25) is 0 Å². The van der Waals surface area contributed by atoms with Crippen LogP contribution in [0, 0.1) is 9.39 Å². The van der Waals surface area contributed by atoms with E-state index in [1.165, 1.54) is 19.1 Å². The van der Waals surface area contributed by atoms with E-state index in [2.05, 4.69) is 0 Å². The molecule has 0 bridgehead atoms. The third-order valence-corrected chi connectivity index (χ3v) is 2.60. The van der Waals surface area contributed by atoms with Gasteiger partial charge >= 0.3 is 5.97 Å². The minimum atomic E-state index is -1.69. The number of hydrogen-bond donors (Lipinski definition) is 2. The minimum absolute atomic E-state index is 0.00287. The highest BCUT2D eigenvalue weighted by molar-refractivity contribution is 14.1. The van der Waals surface area contributed by atoms with Gasteiger partial charge in [-0.05, 0) is 47.7 Å². The molecule has 0 aliphatic heterocycles. The molecule has 0 aliphatic carbocycles. The van der Waals surface area contributed by atoms with Gasteiger partial charge in [0.05, 0.1) is 0 Å². The Bertz CT molecular complexity index is 379. The summed E-state index contributed by atoms with van der Waals surface area (Å²) in [5.74, 6) is -1.85. The molecule has 5 heteroatoms. The standard InChI is InChI=1S/C9H9FINO2/c1-9(12,8(13)14)6-4-5(11)2-3-7(6)10/h2-4H,12H2,1H3,(H,13,14). The van der Waals surface area contributed by atoms with Crippen LogP contribution in [0.1, 0.15) is 12.5 Å². The zero-order valence-electron chi connectivity index (χ0n) is 7.42. The van der Waals surface area contributed by atoms with Crippen LogP contribution in [0.25, 0.3) is 0 Å². The Morgan fingerprint density at radius 3 is 2.71 bits per heavy atom. The van der Waals surface area contributed by atoms with E-state index in [1.807, 2.05) is 22.6 Å². The minimum Gasteiger partial charge on any atom is -0.480 e. The SMILES string of the molecule is CC(N)(C(=O)O)c1cc(I)ccc1F. The summed E-state index contributed by atoms with van der Waals surface area (Å²) in [7, 11) is 0. The van der Waals surface area contributed by atoms with Crippen molar-refractivity contribution in [1.29, 1.82) is 0 Å². The number of benzene rings is 1. The van der Waals surface area contributed by atoms with Crippen LogP contribution in [0.4, 0.5) is 4.39 Å². The van der Waals surface area contributed by atoms with E-state index >= 15 is 0 Å². The van der Waals surface area contributed by atoms with Gasteiger partial charge in [0.1, 0.15) is 11.4 Å². The van der Waals surface area contributed by atoms with Crippen molar-refractivity contribution in [1.82, 2.24) is 0 Å². The van der Waals surface area contributed by atoms with Crippen LogP contribution in [0.5, 0.6) is 0 Å². The van der Waals surface area contributed by atoms with E-state index in [-0.39, 0.29) is 5.56 Å². The lowest BCUT2D eigenvalue weighted by molar-refractivity contribution is -0.143. The van der Waals surface area contributed by atoms with Crippen LogP contribution in [0.3, 0.4) is 0 Å². The maximum absolute atomic E-state index is 13.3. The highest BCUT2D eigenvalue weighted by atomic mass is 127. The van der Waals surface area contributed by atoms with E-state index in [0.717, 1.165) is 3.57 Å². The van der Waals surface area contributed by atoms with Gasteiger partial charge in [-0.1, -0.05) is 0 Å². The fraction of sp³-hybridized carbons (Fsp3) is 0.222. The van der Waals surface area contributed by atoms with Crippen LogP contribution in [0.15, 0.2) is 18.2 Å². The molecule has 0 saturated carbocycles. The van der Waals surface area contributed by atoms with E-state index in [1.54, 1.807) is 6.07 Å². The lowest BCUT2D eigenvalue weighted by Crippen LogP contribution is -2.42. The van der Waals surface area contributed by atoms with Gasteiger partial charge in [0.2, 0.25) is 0 Å². The number of halogens is 2. The first-order valence-corrected chi connectivity index (χ1v) is 4.91. The fourth-order valence-corrected chi connectivity index (χ4v) is 1.50. The largest absolute Gasteiger partial charge is 0.480 e. The average molecular weight is 309 g/mol. The predicted molar refractivity (Wildman–Crippen MR) is 58.3 cm³/mol. The van der Waals surface area contributed by atoms with Crippen molar-refractivity contribution in [3.8, 4) is 0 Å². The van der Waals surface area contributed by atoms with Gasteiger partial charge in [0.25, 0.3) is 0 Å². The normalized spacial score (nSPS) is 14.9. The summed E-state index contributed by atoms with van der Waals surface area (Å²) in [5, 5.41) is 8.82. The molecule has 1 rings (SSSR count). The number of carbonyl (C=O) groups is 1. The zero-order chi connectivity index (χ0) is 10.9. The molecule has 0 fully saturated rings. The second-order valence-corrected chi connectivity index (χ2v) is 4.38. The molecule has 0 aromatic heterocycles. The Morgan fingerprint density at radius 1 is 1.64 bits per heavy atom. The summed E-state index contributed by atoms with van der Waals surface area (Å²) in [4.78, 5) is 10.8. The third-order valence-electron chi connectivity index (χ3n) is 1.93. The molecule has 1 aromatic carbocycles. The molecule has 0 saturated heterocycles. The van der Waals surface area contributed by atoms with Crippen molar-refractivity contribution in [2.45, 2.75) is 12.5 Å². The topological polar surface area (TPSA) is 63.3 Å². The number of carboxylic acids is 1. The van der Waals surface area contributed by atoms with Crippen LogP contribution >= 0.6 is 22.6 Å². The quantitative estimate of drug-likeness (QED) is 0.817. The number of rotatable bonds is 2. The number of aliphatic carboxylic acids is 1. The van der Waals surface area contributed by atoms with Gasteiger partial charge < -0.3 is 10.8 Å². The first-order valence-electron chi connectivity index (χ1n) is 3.83. The molecular formula is C9H9FINO2. The summed E-state index contributed by atoms with van der Waals surface area (Å²) in [6, 6.07) is 4.20. The van der Waals surface area contributed by atoms with Gasteiger partial charge in [0.15, 0.2) is 0 Å². The molecular weight excluding hydrogens is 300 g/mol. The zero-order valence-corrected chi connectivity index (χ0v) is 9.58. The molecule has 1 aromatic rings. The molecule has 0 aliphatic rings. The number of hydrogen-bond acceptors (Lipinski definition) is 2. The van der Waals surface area contributed by atoms with Gasteiger partial charge in [0, 0.05) is 9.13 Å². The summed E-state index contributed by atoms with van der Waals surface area (Å²) in [6.07, 6.45) is 0. The lowest BCUT2D eigenvalue weighted by atomic mass is 9.93. The molecule has 0 radical (unpaired) electrons. The Hall–Kier alpha value is -0.690. The monoisotopic (exact) mass is 309 g/mol. The predicted octanol–water partition coefficient (Wildman–Crippen LogP) is 1.69. The van der Waals surface area contributed by atoms with Crippen molar-refractivity contribution >= 4 is 28.6 Å². The van der Waals surface area contributed by atoms with E-state index in [9.17, 15) is 9.18 Å². The van der Waals surface area contributed by atoms with Gasteiger partial charge in [-0.15, -0.1) is 0 Å². The smallest absolute Gasteiger partial charge is 0.328 e. The van der Waals surface area contributed by atoms with Crippen molar-refractivity contribution in [2.24, 2.45) is 5.73 Å². The summed E-state index contributed by atoms with van der Waals surface area (Å²) in [5.41, 5.74) is 3.82. The van der Waals surface area contributed by atoms with Crippen LogP contribution in [0.2, 0.25) is 0 Å². The third kappa shape index (κ3) is 2.03. The highest BCUT2D eigenvalue weighted by Gasteiger charge is 2.33. The highest BCUT2D eigenvalue weighted by Crippen LogP contribution is 2.23. The fourth-order valence-electron chi connectivity index (χ4n) is 1.01. The molecule has 0 spiro atoms. The van der Waals surface area contributed by atoms with Crippen molar-refractivity contribution in [3.63, 3.8) is 0 Å². The number of nitrogens with two attached hydrogens (primary N) is 1. The van der Waals surface area contributed by atoms with E-state index < -0.39 is 17.3 Å². The molecule has 1 atom stereocenters. The maximum Gasteiger partial charge on any atom is 0.328 e. The Kier molecular flexibility index (Phi) is 3.10. The second-order valence-electron chi connectivity index (χ2n) is 3.13. The van der Waals surface area contributed by atoms with Crippen molar-refractivity contribution in [3.05, 3.63) is 33.1 Å². The maximum atomic E-state index is 13.3. The average Bonchev–Trinajstić information content (AvgIpc) is 2.08. The summed E-state index contributed by atoms with van der Waals surface area (Å²) < 4.78 is 14.0. The first kappa shape index (κ1) is 11.4. The van der Waals surface area contributed by atoms with Crippen molar-refractivity contribution < 1.29 is 14.3 Å². The Balaban J connectivity index is 3.31. The molecule has 1 unspecified atom stereocenters. The van der Waals surface area contributed by atoms with Gasteiger partial charge in [-0.2, -0.15) is 0 Å². The molecule has 14 heavy (non-hydrogen) atoms.